The predicted molar refractivity (Wildman–Crippen MR) is 132 cm³/mol. The highest BCUT2D eigenvalue weighted by Gasteiger charge is 2.16. The number of esters is 1. The molecule has 11 nitrogen and oxygen atoms in total. The number of carbonyl (C=O) groups excluding carboxylic acids is 2. The summed E-state index contributed by atoms with van der Waals surface area (Å²) in [7, 11) is 0. The van der Waals surface area contributed by atoms with E-state index in [-0.39, 0.29) is 24.4 Å². The van der Waals surface area contributed by atoms with Crippen LogP contribution in [-0.2, 0) is 11.3 Å². The van der Waals surface area contributed by atoms with Gasteiger partial charge >= 0.3 is 18.0 Å². The number of urea groups is 1. The number of carboxylic acid groups (broad SMARTS) is 1. The lowest BCUT2D eigenvalue weighted by atomic mass is 10.2. The molecule has 12 heteroatoms. The Bertz CT molecular complexity index is 1540. The number of benzene rings is 2. The van der Waals surface area contributed by atoms with Crippen molar-refractivity contribution in [2.45, 2.75) is 13.5 Å². The maximum atomic E-state index is 12.2. The molecule has 36 heavy (non-hydrogen) atoms. The highest BCUT2D eigenvalue weighted by atomic mass is 35.5. The first kappa shape index (κ1) is 24.5. The lowest BCUT2D eigenvalue weighted by molar-refractivity contribution is 0.0517. The molecular weight excluding hydrogens is 490 g/mol. The normalized spacial score (nSPS) is 10.7. The second-order valence-electron chi connectivity index (χ2n) is 7.58. The molecule has 2 heterocycles. The average molecular weight is 510 g/mol. The zero-order chi connectivity index (χ0) is 25.8. The zero-order valence-corrected chi connectivity index (χ0v) is 19.6. The quantitative estimate of drug-likeness (QED) is 0.277. The Morgan fingerprint density at radius 1 is 1.19 bits per heavy atom. The number of fused-ring (bicyclic) bond motifs is 1. The summed E-state index contributed by atoms with van der Waals surface area (Å²) >= 11 is 6.42. The third kappa shape index (κ3) is 5.36. The number of aromatic nitrogens is 3. The number of H-pyrrole nitrogens is 1. The number of aromatic carboxylic acids is 1. The van der Waals surface area contributed by atoms with E-state index in [1.54, 1.807) is 42.1 Å². The van der Waals surface area contributed by atoms with E-state index < -0.39 is 23.5 Å². The average Bonchev–Trinajstić information content (AvgIpc) is 3.31. The first-order valence-electron chi connectivity index (χ1n) is 10.7. The first-order chi connectivity index (χ1) is 17.2. The van der Waals surface area contributed by atoms with Crippen LogP contribution in [0.3, 0.4) is 0 Å². The fraction of sp³-hybridized carbons (Fsp3) is 0.125. The molecule has 0 aliphatic rings. The van der Waals surface area contributed by atoms with Crippen molar-refractivity contribution in [3.8, 4) is 5.69 Å². The summed E-state index contributed by atoms with van der Waals surface area (Å²) < 4.78 is 6.59. The number of halogens is 1. The van der Waals surface area contributed by atoms with Crippen LogP contribution in [0, 0.1) is 0 Å². The highest BCUT2D eigenvalue weighted by Crippen LogP contribution is 2.25. The van der Waals surface area contributed by atoms with Crippen molar-refractivity contribution in [1.29, 1.82) is 0 Å². The van der Waals surface area contributed by atoms with Crippen LogP contribution >= 0.6 is 11.6 Å². The summed E-state index contributed by atoms with van der Waals surface area (Å²) in [5.74, 6) is -1.91. The molecule has 0 atom stereocenters. The van der Waals surface area contributed by atoms with Gasteiger partial charge in [0.1, 0.15) is 0 Å². The summed E-state index contributed by atoms with van der Waals surface area (Å²) in [5.41, 5.74) is 1.38. The van der Waals surface area contributed by atoms with Gasteiger partial charge in [0.05, 0.1) is 33.9 Å². The summed E-state index contributed by atoms with van der Waals surface area (Å²) in [6.07, 6.45) is 3.48. The molecule has 2 aromatic heterocycles. The number of amides is 2. The Hall–Kier alpha value is -4.64. The molecule has 184 valence electrons. The Morgan fingerprint density at radius 3 is 2.75 bits per heavy atom. The van der Waals surface area contributed by atoms with Crippen LogP contribution in [0.2, 0.25) is 5.02 Å². The van der Waals surface area contributed by atoms with Crippen molar-refractivity contribution in [1.82, 2.24) is 19.9 Å². The molecule has 0 bridgehead atoms. The van der Waals surface area contributed by atoms with Crippen molar-refractivity contribution in [2.75, 3.05) is 11.9 Å². The number of aromatic amines is 1. The number of hydrogen-bond donors (Lipinski definition) is 4. The molecule has 2 aromatic carbocycles. The maximum Gasteiger partial charge on any atom is 0.362 e. The van der Waals surface area contributed by atoms with E-state index in [9.17, 15) is 19.2 Å². The van der Waals surface area contributed by atoms with Crippen molar-refractivity contribution >= 4 is 46.3 Å². The van der Waals surface area contributed by atoms with Crippen LogP contribution in [0.15, 0.2) is 59.7 Å². The number of ether oxygens (including phenoxy) is 1. The number of rotatable bonds is 7. The summed E-state index contributed by atoms with van der Waals surface area (Å²) in [5, 5.41) is 14.7. The molecule has 0 radical (unpaired) electrons. The van der Waals surface area contributed by atoms with E-state index in [4.69, 9.17) is 21.4 Å². The topological polar surface area (TPSA) is 155 Å². The van der Waals surface area contributed by atoms with Gasteiger partial charge in [0, 0.05) is 24.6 Å². The fourth-order valence-corrected chi connectivity index (χ4v) is 3.68. The van der Waals surface area contributed by atoms with E-state index >= 15 is 0 Å². The number of hydrogen-bond acceptors (Lipinski definition) is 6. The van der Waals surface area contributed by atoms with Crippen molar-refractivity contribution < 1.29 is 24.2 Å². The first-order valence-corrected chi connectivity index (χ1v) is 11.1. The standard InChI is InChI=1S/C24H20ClN5O6/c1-2-36-23(34)20-21(31)29-17-9-16(25)19(10-18(17)28-20)30-7-6-13(12-30)11-26-24(35)27-15-5-3-4-14(8-15)22(32)33/h3-10,12H,2,11H2,1H3,(H,29,31)(H,32,33)(H2,26,27,35). The molecule has 2 amide bonds. The Balaban J connectivity index is 1.49. The molecule has 0 spiro atoms. The number of nitrogens with one attached hydrogen (secondary N) is 3. The minimum absolute atomic E-state index is 0.0603. The fourth-order valence-electron chi connectivity index (χ4n) is 3.41. The van der Waals surface area contributed by atoms with E-state index in [2.05, 4.69) is 20.6 Å². The van der Waals surface area contributed by atoms with Crippen molar-refractivity contribution in [2.24, 2.45) is 0 Å². The molecule has 0 saturated heterocycles. The molecule has 0 saturated carbocycles. The van der Waals surface area contributed by atoms with Gasteiger partial charge in [-0.25, -0.2) is 19.4 Å². The Labute approximate surface area is 208 Å². The third-order valence-corrected chi connectivity index (χ3v) is 5.38. The van der Waals surface area contributed by atoms with Crippen LogP contribution in [0.25, 0.3) is 16.7 Å². The molecule has 0 aliphatic heterocycles. The van der Waals surface area contributed by atoms with Gasteiger partial charge in [-0.2, -0.15) is 0 Å². The summed E-state index contributed by atoms with van der Waals surface area (Å²) in [6.45, 7) is 1.92. The molecule has 0 unspecified atom stereocenters. The zero-order valence-electron chi connectivity index (χ0n) is 18.9. The molecular formula is C24H20ClN5O6. The number of carboxylic acids is 1. The van der Waals surface area contributed by atoms with Gasteiger partial charge in [0.15, 0.2) is 0 Å². The molecule has 0 fully saturated rings. The minimum Gasteiger partial charge on any atom is -0.478 e. The maximum absolute atomic E-state index is 12.2. The lowest BCUT2D eigenvalue weighted by Gasteiger charge is -2.09. The van der Waals surface area contributed by atoms with Gasteiger partial charge in [-0.15, -0.1) is 0 Å². The van der Waals surface area contributed by atoms with Crippen LogP contribution in [0.5, 0.6) is 0 Å². The highest BCUT2D eigenvalue weighted by molar-refractivity contribution is 6.33. The number of anilines is 1. The van der Waals surface area contributed by atoms with Crippen LogP contribution in [0.1, 0.15) is 33.3 Å². The SMILES string of the molecule is CCOC(=O)c1nc2cc(-n3ccc(CNC(=O)Nc4cccc(C(=O)O)c4)c3)c(Cl)cc2[nH]c1=O. The second kappa shape index (κ2) is 10.3. The predicted octanol–water partition coefficient (Wildman–Crippen LogP) is 3.56. The third-order valence-electron chi connectivity index (χ3n) is 5.08. The number of nitrogens with zero attached hydrogens (tertiary/aromatic N) is 2. The monoisotopic (exact) mass is 509 g/mol. The second-order valence-corrected chi connectivity index (χ2v) is 7.98. The van der Waals surface area contributed by atoms with Crippen LogP contribution in [-0.4, -0.2) is 44.2 Å². The largest absolute Gasteiger partial charge is 0.478 e. The summed E-state index contributed by atoms with van der Waals surface area (Å²) in [4.78, 5) is 54.2. The van der Waals surface area contributed by atoms with Gasteiger partial charge in [-0.05, 0) is 48.9 Å². The Morgan fingerprint density at radius 2 is 2.00 bits per heavy atom. The molecule has 4 rings (SSSR count). The van der Waals surface area contributed by atoms with E-state index in [1.807, 2.05) is 0 Å². The van der Waals surface area contributed by atoms with Gasteiger partial charge in [0.2, 0.25) is 5.69 Å². The summed E-state index contributed by atoms with van der Waals surface area (Å²) in [6, 6.07) is 10.3. The molecule has 0 aliphatic carbocycles. The molecule has 4 N–H and O–H groups in total. The van der Waals surface area contributed by atoms with Crippen LogP contribution in [0.4, 0.5) is 10.5 Å². The lowest BCUT2D eigenvalue weighted by Crippen LogP contribution is -2.28. The van der Waals surface area contributed by atoms with E-state index in [0.717, 1.165) is 5.56 Å². The van der Waals surface area contributed by atoms with Gasteiger partial charge in [-0.3, -0.25) is 4.79 Å². The van der Waals surface area contributed by atoms with Gasteiger partial charge in [0.25, 0.3) is 5.56 Å². The van der Waals surface area contributed by atoms with Crippen LogP contribution < -0.4 is 16.2 Å². The Kier molecular flexibility index (Phi) is 7.02. The van der Waals surface area contributed by atoms with E-state index in [1.165, 1.54) is 24.3 Å². The van der Waals surface area contributed by atoms with Crippen molar-refractivity contribution in [3.63, 3.8) is 0 Å². The smallest absolute Gasteiger partial charge is 0.362 e. The van der Waals surface area contributed by atoms with Crippen molar-refractivity contribution in [3.05, 3.63) is 87.1 Å². The van der Waals surface area contributed by atoms with E-state index in [0.29, 0.717) is 27.4 Å². The number of carbonyl (C=O) groups is 3. The molecule has 4 aromatic rings. The minimum atomic E-state index is -1.09. The van der Waals surface area contributed by atoms with Gasteiger partial charge < -0.3 is 30.0 Å². The van der Waals surface area contributed by atoms with Gasteiger partial charge in [-0.1, -0.05) is 17.7 Å².